The number of carbonyl (C=O) groups is 1. The molecule has 0 radical (unpaired) electrons. The first kappa shape index (κ1) is 17.9. The molecule has 1 amide bonds. The van der Waals surface area contributed by atoms with Crippen LogP contribution in [0.3, 0.4) is 0 Å². The number of quaternary nitrogens is 1. The number of amides is 1. The van der Waals surface area contributed by atoms with Crippen molar-refractivity contribution in [1.29, 1.82) is 0 Å². The predicted molar refractivity (Wildman–Crippen MR) is 83.7 cm³/mol. The average molecular weight is 339 g/mol. The number of hydrogen-bond acceptors (Lipinski definition) is 3. The number of ether oxygens (including phenoxy) is 1. The van der Waals surface area contributed by atoms with E-state index in [2.05, 4.69) is 10.1 Å². The van der Waals surface area contributed by atoms with Crippen LogP contribution in [0.5, 0.6) is 5.75 Å². The molecule has 0 saturated carbocycles. The molecule has 0 aliphatic carbocycles. The van der Waals surface area contributed by atoms with Crippen LogP contribution in [0.1, 0.15) is 24.3 Å². The first-order valence-corrected chi connectivity index (χ1v) is 7.72. The van der Waals surface area contributed by atoms with Gasteiger partial charge in [-0.2, -0.15) is 8.78 Å². The van der Waals surface area contributed by atoms with Gasteiger partial charge in [0, 0.05) is 6.54 Å². The van der Waals surface area contributed by atoms with Crippen LogP contribution >= 0.6 is 0 Å². The van der Waals surface area contributed by atoms with Crippen LogP contribution in [0.15, 0.2) is 47.1 Å². The third kappa shape index (κ3) is 6.00. The fourth-order valence-electron chi connectivity index (χ4n) is 2.21. The van der Waals surface area contributed by atoms with E-state index in [4.69, 9.17) is 4.42 Å². The highest BCUT2D eigenvalue weighted by Crippen LogP contribution is 2.14. The maximum Gasteiger partial charge on any atom is 0.387 e. The van der Waals surface area contributed by atoms with E-state index in [0.717, 1.165) is 11.3 Å². The van der Waals surface area contributed by atoms with Crippen molar-refractivity contribution >= 4 is 5.91 Å². The highest BCUT2D eigenvalue weighted by Gasteiger charge is 2.13. The minimum absolute atomic E-state index is 0.0638. The van der Waals surface area contributed by atoms with Crippen LogP contribution in [-0.4, -0.2) is 25.6 Å². The minimum Gasteiger partial charge on any atom is -0.463 e. The second-order valence-electron chi connectivity index (χ2n) is 5.37. The van der Waals surface area contributed by atoms with E-state index in [1.165, 1.54) is 12.1 Å². The third-order valence-corrected chi connectivity index (χ3v) is 3.53. The van der Waals surface area contributed by atoms with E-state index < -0.39 is 6.61 Å². The number of halogens is 2. The molecule has 2 rings (SSSR count). The molecular formula is C17H21F2N2O3+. The van der Waals surface area contributed by atoms with Gasteiger partial charge in [-0.05, 0) is 43.2 Å². The summed E-state index contributed by atoms with van der Waals surface area (Å²) in [6.07, 6.45) is 2.23. The first-order valence-electron chi connectivity index (χ1n) is 7.72. The molecule has 0 spiro atoms. The van der Waals surface area contributed by atoms with Crippen molar-refractivity contribution in [2.45, 2.75) is 26.0 Å². The maximum absolute atomic E-state index is 12.1. The van der Waals surface area contributed by atoms with Crippen molar-refractivity contribution in [3.8, 4) is 5.75 Å². The van der Waals surface area contributed by atoms with E-state index in [9.17, 15) is 13.6 Å². The van der Waals surface area contributed by atoms with E-state index in [1.54, 1.807) is 18.4 Å². The van der Waals surface area contributed by atoms with Crippen LogP contribution < -0.4 is 15.4 Å². The smallest absolute Gasteiger partial charge is 0.387 e. The summed E-state index contributed by atoms with van der Waals surface area (Å²) in [6.45, 7) is -0.0652. The van der Waals surface area contributed by atoms with Gasteiger partial charge >= 0.3 is 6.61 Å². The predicted octanol–water partition coefficient (Wildman–Crippen LogP) is 1.86. The van der Waals surface area contributed by atoms with Crippen molar-refractivity contribution in [1.82, 2.24) is 5.32 Å². The largest absolute Gasteiger partial charge is 0.463 e. The van der Waals surface area contributed by atoms with Crippen molar-refractivity contribution in [3.63, 3.8) is 0 Å². The number of carbonyl (C=O) groups excluding carboxylic acids is 1. The van der Waals surface area contributed by atoms with Gasteiger partial charge in [0.05, 0.1) is 6.26 Å². The van der Waals surface area contributed by atoms with Crippen LogP contribution in [0.4, 0.5) is 8.78 Å². The van der Waals surface area contributed by atoms with Gasteiger partial charge in [0.2, 0.25) is 0 Å². The molecule has 24 heavy (non-hydrogen) atoms. The summed E-state index contributed by atoms with van der Waals surface area (Å²) in [7, 11) is 0. The van der Waals surface area contributed by atoms with Gasteiger partial charge in [0.25, 0.3) is 5.91 Å². The molecule has 1 aromatic carbocycles. The summed E-state index contributed by atoms with van der Waals surface area (Å²) in [5.41, 5.74) is 0.935. The summed E-state index contributed by atoms with van der Waals surface area (Å²) >= 11 is 0. The molecule has 1 atom stereocenters. The minimum atomic E-state index is -2.82. The average Bonchev–Trinajstić information content (AvgIpc) is 3.08. The molecule has 5 nitrogen and oxygen atoms in total. The highest BCUT2D eigenvalue weighted by atomic mass is 19.3. The molecule has 2 aromatic rings. The quantitative estimate of drug-likeness (QED) is 0.733. The normalized spacial score (nSPS) is 12.2. The SMILES string of the molecule is C[C@@H]([NH2+]CC(=O)NCCc1ccc(OC(F)F)cc1)c1ccco1. The Morgan fingerprint density at radius 2 is 2.04 bits per heavy atom. The Morgan fingerprint density at radius 1 is 1.29 bits per heavy atom. The number of alkyl halides is 2. The summed E-state index contributed by atoms with van der Waals surface area (Å²) in [4.78, 5) is 11.8. The van der Waals surface area contributed by atoms with E-state index in [0.29, 0.717) is 19.5 Å². The van der Waals surface area contributed by atoms with Crippen LogP contribution in [0, 0.1) is 0 Å². The summed E-state index contributed by atoms with van der Waals surface area (Å²) < 4.78 is 33.7. The van der Waals surface area contributed by atoms with E-state index >= 15 is 0 Å². The monoisotopic (exact) mass is 339 g/mol. The van der Waals surface area contributed by atoms with Crippen molar-refractivity contribution in [2.75, 3.05) is 13.1 Å². The zero-order valence-electron chi connectivity index (χ0n) is 13.4. The van der Waals surface area contributed by atoms with Crippen LogP contribution in [0.2, 0.25) is 0 Å². The van der Waals surface area contributed by atoms with Gasteiger partial charge in [-0.3, -0.25) is 4.79 Å². The van der Waals surface area contributed by atoms with E-state index in [1.807, 2.05) is 24.4 Å². The number of rotatable bonds is 9. The Balaban J connectivity index is 1.65. The third-order valence-electron chi connectivity index (χ3n) is 3.53. The molecule has 3 N–H and O–H groups in total. The molecule has 0 bridgehead atoms. The number of hydrogen-bond donors (Lipinski definition) is 2. The lowest BCUT2D eigenvalue weighted by atomic mass is 10.1. The number of nitrogens with two attached hydrogens (primary N) is 1. The lowest BCUT2D eigenvalue weighted by molar-refractivity contribution is -0.684. The lowest BCUT2D eigenvalue weighted by Gasteiger charge is -2.09. The molecule has 0 fully saturated rings. The summed E-state index contributed by atoms with van der Waals surface area (Å²) in [6, 6.07) is 10.2. The van der Waals surface area contributed by atoms with Crippen LogP contribution in [-0.2, 0) is 11.2 Å². The Kier molecular flexibility index (Phi) is 6.74. The van der Waals surface area contributed by atoms with Gasteiger partial charge in [-0.15, -0.1) is 0 Å². The zero-order chi connectivity index (χ0) is 17.4. The molecule has 0 saturated heterocycles. The molecule has 0 unspecified atom stereocenters. The summed E-state index contributed by atoms with van der Waals surface area (Å²) in [5, 5.41) is 4.72. The van der Waals surface area contributed by atoms with Gasteiger partial charge < -0.3 is 19.8 Å². The lowest BCUT2D eigenvalue weighted by Crippen LogP contribution is -2.87. The Labute approximate surface area is 139 Å². The zero-order valence-corrected chi connectivity index (χ0v) is 13.4. The Hall–Kier alpha value is -2.41. The molecule has 1 aromatic heterocycles. The molecule has 0 aliphatic rings. The molecule has 0 aliphatic heterocycles. The van der Waals surface area contributed by atoms with Crippen LogP contribution in [0.25, 0.3) is 0 Å². The van der Waals surface area contributed by atoms with Crippen molar-refractivity contribution in [3.05, 3.63) is 54.0 Å². The second-order valence-corrected chi connectivity index (χ2v) is 5.37. The van der Waals surface area contributed by atoms with E-state index in [-0.39, 0.29) is 17.7 Å². The van der Waals surface area contributed by atoms with Gasteiger partial charge in [0.1, 0.15) is 11.8 Å². The first-order chi connectivity index (χ1) is 11.5. The van der Waals surface area contributed by atoms with Gasteiger partial charge in [0.15, 0.2) is 12.3 Å². The molecule has 130 valence electrons. The Morgan fingerprint density at radius 3 is 2.67 bits per heavy atom. The topological polar surface area (TPSA) is 68.1 Å². The highest BCUT2D eigenvalue weighted by molar-refractivity contribution is 5.76. The summed E-state index contributed by atoms with van der Waals surface area (Å²) in [5.74, 6) is 0.888. The fraction of sp³-hybridized carbons (Fsp3) is 0.353. The standard InChI is InChI=1S/C17H20F2N2O3/c1-12(15-3-2-10-23-15)21-11-16(22)20-9-8-13-4-6-14(7-5-13)24-17(18)19/h2-7,10,12,17,21H,8-9,11H2,1H3,(H,20,22)/p+1/t12-/m1/s1. The second kappa shape index (κ2) is 9.02. The van der Waals surface area contributed by atoms with Gasteiger partial charge in [-0.1, -0.05) is 12.1 Å². The maximum atomic E-state index is 12.1. The molecular weight excluding hydrogens is 318 g/mol. The fourth-order valence-corrected chi connectivity index (χ4v) is 2.21. The number of nitrogens with one attached hydrogen (secondary N) is 1. The Bertz CT molecular complexity index is 615. The molecule has 1 heterocycles. The van der Waals surface area contributed by atoms with Gasteiger partial charge in [-0.25, -0.2) is 0 Å². The van der Waals surface area contributed by atoms with Crippen molar-refractivity contribution < 1.29 is 28.0 Å². The number of furan rings is 1. The van der Waals surface area contributed by atoms with Crippen molar-refractivity contribution in [2.24, 2.45) is 0 Å². The number of benzene rings is 1. The molecule has 7 heteroatoms.